The Morgan fingerprint density at radius 3 is 2.71 bits per heavy atom. The summed E-state index contributed by atoms with van der Waals surface area (Å²) in [5.41, 5.74) is 0.558. The smallest absolute Gasteiger partial charge is 0.279 e. The molecule has 0 fully saturated rings. The average Bonchev–Trinajstić information content (AvgIpc) is 2.35. The van der Waals surface area contributed by atoms with Crippen LogP contribution in [0, 0.1) is 6.92 Å². The first-order valence-electron chi connectivity index (χ1n) is 4.16. The standard InChI is InChI=1S/C8H12ClF2N3/c1-6-7(9)3-13-14(6)5-8(10,11)4-12-2/h3,12H,4-5H2,1-2H3. The zero-order valence-electron chi connectivity index (χ0n) is 8.02. The number of nitrogens with zero attached hydrogens (tertiary/aromatic N) is 2. The maximum absolute atomic E-state index is 13.1. The molecular formula is C8H12ClF2N3. The van der Waals surface area contributed by atoms with Gasteiger partial charge in [-0.1, -0.05) is 11.6 Å². The first-order chi connectivity index (χ1) is 6.46. The molecule has 80 valence electrons. The Bertz CT molecular complexity index is 312. The molecule has 0 aromatic carbocycles. The molecule has 0 amide bonds. The van der Waals surface area contributed by atoms with Crippen LogP contribution in [0.2, 0.25) is 5.02 Å². The minimum Gasteiger partial charge on any atom is -0.314 e. The molecule has 1 aromatic rings. The predicted molar refractivity (Wildman–Crippen MR) is 50.8 cm³/mol. The summed E-state index contributed by atoms with van der Waals surface area (Å²) in [4.78, 5) is 0. The number of alkyl halides is 2. The Kier molecular flexibility index (Phi) is 3.44. The molecule has 0 unspecified atom stereocenters. The molecule has 0 saturated carbocycles. The molecule has 0 bridgehead atoms. The van der Waals surface area contributed by atoms with Gasteiger partial charge in [0.05, 0.1) is 23.5 Å². The van der Waals surface area contributed by atoms with Gasteiger partial charge in [-0.05, 0) is 14.0 Å². The number of halogens is 3. The Hall–Kier alpha value is -0.680. The van der Waals surface area contributed by atoms with Gasteiger partial charge in [0.25, 0.3) is 5.92 Å². The van der Waals surface area contributed by atoms with Crippen molar-refractivity contribution in [1.82, 2.24) is 15.1 Å². The molecule has 0 aliphatic carbocycles. The predicted octanol–water partition coefficient (Wildman–Crippen LogP) is 1.70. The number of nitrogens with one attached hydrogen (secondary N) is 1. The normalized spacial score (nSPS) is 12.1. The molecule has 0 aliphatic heterocycles. The van der Waals surface area contributed by atoms with Gasteiger partial charge in [-0.3, -0.25) is 4.68 Å². The summed E-state index contributed by atoms with van der Waals surface area (Å²) < 4.78 is 27.5. The van der Waals surface area contributed by atoms with Gasteiger partial charge in [0.15, 0.2) is 0 Å². The van der Waals surface area contributed by atoms with E-state index in [1.54, 1.807) is 6.92 Å². The van der Waals surface area contributed by atoms with Crippen molar-refractivity contribution in [2.24, 2.45) is 0 Å². The maximum atomic E-state index is 13.1. The van der Waals surface area contributed by atoms with E-state index in [4.69, 9.17) is 11.6 Å². The van der Waals surface area contributed by atoms with E-state index in [0.717, 1.165) is 0 Å². The zero-order chi connectivity index (χ0) is 10.8. The summed E-state index contributed by atoms with van der Waals surface area (Å²) in [6.45, 7) is 0.834. The molecule has 1 rings (SSSR count). The SMILES string of the molecule is CNCC(F)(F)Cn1ncc(Cl)c1C. The summed E-state index contributed by atoms with van der Waals surface area (Å²) in [7, 11) is 1.48. The number of hydrogen-bond donors (Lipinski definition) is 1. The van der Waals surface area contributed by atoms with Gasteiger partial charge in [-0.2, -0.15) is 5.10 Å². The van der Waals surface area contributed by atoms with Crippen LogP contribution in [-0.4, -0.2) is 29.3 Å². The molecule has 1 heterocycles. The Balaban J connectivity index is 2.73. The van der Waals surface area contributed by atoms with Crippen LogP contribution in [-0.2, 0) is 6.54 Å². The summed E-state index contributed by atoms with van der Waals surface area (Å²) in [5, 5.41) is 6.60. The fourth-order valence-electron chi connectivity index (χ4n) is 1.12. The lowest BCUT2D eigenvalue weighted by atomic mass is 10.3. The van der Waals surface area contributed by atoms with E-state index in [2.05, 4.69) is 10.4 Å². The van der Waals surface area contributed by atoms with E-state index >= 15 is 0 Å². The van der Waals surface area contributed by atoms with Crippen molar-refractivity contribution in [2.75, 3.05) is 13.6 Å². The third-order valence-corrected chi connectivity index (χ3v) is 2.23. The van der Waals surface area contributed by atoms with Crippen molar-refractivity contribution < 1.29 is 8.78 Å². The Morgan fingerprint density at radius 1 is 1.64 bits per heavy atom. The Labute approximate surface area is 86.0 Å². The van der Waals surface area contributed by atoms with E-state index in [-0.39, 0.29) is 6.54 Å². The molecule has 0 radical (unpaired) electrons. The molecule has 0 aliphatic rings. The van der Waals surface area contributed by atoms with Crippen molar-refractivity contribution in [3.63, 3.8) is 0 Å². The molecule has 1 N–H and O–H groups in total. The van der Waals surface area contributed by atoms with E-state index < -0.39 is 12.5 Å². The van der Waals surface area contributed by atoms with E-state index in [1.807, 2.05) is 0 Å². The third-order valence-electron chi connectivity index (χ3n) is 1.86. The molecular weight excluding hydrogens is 212 g/mol. The van der Waals surface area contributed by atoms with Gasteiger partial charge in [-0.25, -0.2) is 8.78 Å². The molecule has 1 aromatic heterocycles. The summed E-state index contributed by atoms with van der Waals surface area (Å²) in [6.07, 6.45) is 1.37. The van der Waals surface area contributed by atoms with Crippen LogP contribution in [0.4, 0.5) is 8.78 Å². The van der Waals surface area contributed by atoms with Crippen LogP contribution >= 0.6 is 11.6 Å². The van der Waals surface area contributed by atoms with E-state index in [0.29, 0.717) is 10.7 Å². The largest absolute Gasteiger partial charge is 0.314 e. The summed E-state index contributed by atoms with van der Waals surface area (Å²) in [6, 6.07) is 0. The number of rotatable bonds is 4. The lowest BCUT2D eigenvalue weighted by Gasteiger charge is -2.16. The van der Waals surface area contributed by atoms with Gasteiger partial charge in [0.2, 0.25) is 0 Å². The molecule has 0 spiro atoms. The molecule has 14 heavy (non-hydrogen) atoms. The van der Waals surface area contributed by atoms with Crippen LogP contribution in [0.25, 0.3) is 0 Å². The highest BCUT2D eigenvalue weighted by molar-refractivity contribution is 6.31. The minimum absolute atomic E-state index is 0.371. The number of hydrogen-bond acceptors (Lipinski definition) is 2. The lowest BCUT2D eigenvalue weighted by Crippen LogP contribution is -2.35. The van der Waals surface area contributed by atoms with Gasteiger partial charge in [0, 0.05) is 0 Å². The maximum Gasteiger partial charge on any atom is 0.279 e. The van der Waals surface area contributed by atoms with Crippen molar-refractivity contribution in [3.8, 4) is 0 Å². The third kappa shape index (κ3) is 2.65. The van der Waals surface area contributed by atoms with Crippen LogP contribution in [0.15, 0.2) is 6.20 Å². The Morgan fingerprint density at radius 2 is 2.29 bits per heavy atom. The fourth-order valence-corrected chi connectivity index (χ4v) is 1.26. The van der Waals surface area contributed by atoms with Gasteiger partial charge in [-0.15, -0.1) is 0 Å². The quantitative estimate of drug-likeness (QED) is 0.842. The van der Waals surface area contributed by atoms with Gasteiger partial charge in [0.1, 0.15) is 6.54 Å². The first-order valence-corrected chi connectivity index (χ1v) is 4.54. The summed E-state index contributed by atoms with van der Waals surface area (Å²) >= 11 is 5.69. The molecule has 0 saturated heterocycles. The molecule has 3 nitrogen and oxygen atoms in total. The van der Waals surface area contributed by atoms with E-state index in [1.165, 1.54) is 17.9 Å². The molecule has 6 heteroatoms. The van der Waals surface area contributed by atoms with Crippen LogP contribution in [0.1, 0.15) is 5.69 Å². The average molecular weight is 224 g/mol. The second-order valence-electron chi connectivity index (χ2n) is 3.12. The van der Waals surface area contributed by atoms with Crippen molar-refractivity contribution >= 4 is 11.6 Å². The highest BCUT2D eigenvalue weighted by Gasteiger charge is 2.29. The second kappa shape index (κ2) is 4.23. The highest BCUT2D eigenvalue weighted by atomic mass is 35.5. The van der Waals surface area contributed by atoms with Gasteiger partial charge < -0.3 is 5.32 Å². The lowest BCUT2D eigenvalue weighted by molar-refractivity contribution is -0.0168. The van der Waals surface area contributed by atoms with Crippen LogP contribution < -0.4 is 5.32 Å². The van der Waals surface area contributed by atoms with Crippen molar-refractivity contribution in [1.29, 1.82) is 0 Å². The highest BCUT2D eigenvalue weighted by Crippen LogP contribution is 2.19. The van der Waals surface area contributed by atoms with Gasteiger partial charge >= 0.3 is 0 Å². The van der Waals surface area contributed by atoms with Crippen LogP contribution in [0.3, 0.4) is 0 Å². The first kappa shape index (κ1) is 11.4. The summed E-state index contributed by atoms with van der Waals surface area (Å²) in [5.74, 6) is -2.81. The number of aromatic nitrogens is 2. The van der Waals surface area contributed by atoms with Crippen molar-refractivity contribution in [2.45, 2.75) is 19.4 Å². The minimum atomic E-state index is -2.81. The van der Waals surface area contributed by atoms with Crippen molar-refractivity contribution in [3.05, 3.63) is 16.9 Å². The topological polar surface area (TPSA) is 29.9 Å². The van der Waals surface area contributed by atoms with Crippen LogP contribution in [0.5, 0.6) is 0 Å². The second-order valence-corrected chi connectivity index (χ2v) is 3.53. The zero-order valence-corrected chi connectivity index (χ0v) is 8.78. The molecule has 0 atom stereocenters. The van der Waals surface area contributed by atoms with E-state index in [9.17, 15) is 8.78 Å². The fraction of sp³-hybridized carbons (Fsp3) is 0.625. The monoisotopic (exact) mass is 223 g/mol.